The lowest BCUT2D eigenvalue weighted by Gasteiger charge is -2.09. The predicted octanol–water partition coefficient (Wildman–Crippen LogP) is 4.72. The predicted molar refractivity (Wildman–Crippen MR) is 92.8 cm³/mol. The molecule has 4 nitrogen and oxygen atoms in total. The first-order valence-corrected chi connectivity index (χ1v) is 7.90. The molecule has 23 heavy (non-hydrogen) atoms. The zero-order valence-corrected chi connectivity index (χ0v) is 13.6. The number of benzene rings is 1. The molecule has 0 aliphatic carbocycles. The maximum Gasteiger partial charge on any atom is 0.164 e. The lowest BCUT2D eigenvalue weighted by atomic mass is 10.1. The summed E-state index contributed by atoms with van der Waals surface area (Å²) in [5.74, 6) is 0.306. The fraction of sp³-hybridized carbons (Fsp3) is 0.167. The number of hydrogen-bond acceptors (Lipinski definition) is 3. The second-order valence-corrected chi connectivity index (χ2v) is 6.26. The van der Waals surface area contributed by atoms with Crippen molar-refractivity contribution in [3.05, 3.63) is 59.6 Å². The maximum absolute atomic E-state index is 6.21. The van der Waals surface area contributed by atoms with Gasteiger partial charge in [0.1, 0.15) is 5.15 Å². The summed E-state index contributed by atoms with van der Waals surface area (Å²) in [5.41, 5.74) is 4.70. The third-order valence-corrected chi connectivity index (χ3v) is 4.15. The first-order chi connectivity index (χ1) is 11.1. The van der Waals surface area contributed by atoms with Crippen molar-refractivity contribution in [2.24, 2.45) is 0 Å². The van der Waals surface area contributed by atoms with Crippen LogP contribution in [0.1, 0.15) is 25.5 Å². The molecule has 4 rings (SSSR count). The van der Waals surface area contributed by atoms with E-state index in [0.29, 0.717) is 11.1 Å². The highest BCUT2D eigenvalue weighted by Gasteiger charge is 2.14. The van der Waals surface area contributed by atoms with Gasteiger partial charge in [-0.15, -0.1) is 0 Å². The molecule has 0 amide bonds. The van der Waals surface area contributed by atoms with E-state index >= 15 is 0 Å². The molecule has 0 bridgehead atoms. The molecule has 1 aromatic carbocycles. The minimum Gasteiger partial charge on any atom is -0.256 e. The summed E-state index contributed by atoms with van der Waals surface area (Å²) in [6, 6.07) is 12.0. The molecule has 0 spiro atoms. The Balaban J connectivity index is 1.97. The highest BCUT2D eigenvalue weighted by molar-refractivity contribution is 6.29. The number of pyridine rings is 1. The number of nitrogens with zero attached hydrogens (tertiary/aromatic N) is 4. The van der Waals surface area contributed by atoms with Gasteiger partial charge in [-0.3, -0.25) is 4.98 Å². The summed E-state index contributed by atoms with van der Waals surface area (Å²) in [7, 11) is 0. The van der Waals surface area contributed by atoms with Gasteiger partial charge in [-0.25, -0.2) is 9.50 Å². The quantitative estimate of drug-likeness (QED) is 0.501. The van der Waals surface area contributed by atoms with Crippen LogP contribution in [0.3, 0.4) is 0 Å². The van der Waals surface area contributed by atoms with Crippen molar-refractivity contribution in [3.8, 4) is 11.1 Å². The molecule has 0 radical (unpaired) electrons. The van der Waals surface area contributed by atoms with E-state index < -0.39 is 0 Å². The van der Waals surface area contributed by atoms with Crippen LogP contribution >= 0.6 is 11.6 Å². The van der Waals surface area contributed by atoms with Crippen LogP contribution in [0.2, 0.25) is 5.15 Å². The van der Waals surface area contributed by atoms with Crippen molar-refractivity contribution in [2.75, 3.05) is 0 Å². The molecular weight excluding hydrogens is 308 g/mol. The van der Waals surface area contributed by atoms with Gasteiger partial charge in [-0.1, -0.05) is 43.6 Å². The first-order valence-electron chi connectivity index (χ1n) is 7.53. The van der Waals surface area contributed by atoms with Gasteiger partial charge in [-0.05, 0) is 24.1 Å². The first kappa shape index (κ1) is 14.2. The van der Waals surface area contributed by atoms with Gasteiger partial charge in [0, 0.05) is 22.7 Å². The van der Waals surface area contributed by atoms with E-state index in [0.717, 1.165) is 33.4 Å². The topological polar surface area (TPSA) is 43.1 Å². The molecule has 4 aromatic rings. The van der Waals surface area contributed by atoms with Crippen LogP contribution in [0.4, 0.5) is 0 Å². The third kappa shape index (κ3) is 2.35. The minimum absolute atomic E-state index is 0.306. The van der Waals surface area contributed by atoms with E-state index in [2.05, 4.69) is 41.0 Å². The normalized spacial score (nSPS) is 11.7. The van der Waals surface area contributed by atoms with Crippen molar-refractivity contribution in [3.63, 3.8) is 0 Å². The van der Waals surface area contributed by atoms with Crippen molar-refractivity contribution < 1.29 is 0 Å². The van der Waals surface area contributed by atoms with E-state index in [-0.39, 0.29) is 0 Å². The van der Waals surface area contributed by atoms with Gasteiger partial charge in [0.15, 0.2) is 5.65 Å². The Morgan fingerprint density at radius 2 is 1.91 bits per heavy atom. The van der Waals surface area contributed by atoms with Crippen LogP contribution < -0.4 is 0 Å². The fourth-order valence-electron chi connectivity index (χ4n) is 2.79. The van der Waals surface area contributed by atoms with Gasteiger partial charge in [0.25, 0.3) is 0 Å². The van der Waals surface area contributed by atoms with Gasteiger partial charge >= 0.3 is 0 Å². The molecule has 3 aromatic heterocycles. The fourth-order valence-corrected chi connectivity index (χ4v) is 2.98. The Hall–Kier alpha value is -2.46. The van der Waals surface area contributed by atoms with Gasteiger partial charge in [-0.2, -0.15) is 5.10 Å². The Bertz CT molecular complexity index is 1020. The highest BCUT2D eigenvalue weighted by Crippen LogP contribution is 2.28. The van der Waals surface area contributed by atoms with E-state index in [4.69, 9.17) is 11.6 Å². The van der Waals surface area contributed by atoms with Gasteiger partial charge < -0.3 is 0 Å². The molecule has 0 unspecified atom stereocenters. The summed E-state index contributed by atoms with van der Waals surface area (Å²) in [4.78, 5) is 9.00. The van der Waals surface area contributed by atoms with E-state index in [1.165, 1.54) is 0 Å². The van der Waals surface area contributed by atoms with Crippen molar-refractivity contribution in [1.82, 2.24) is 19.6 Å². The zero-order chi connectivity index (χ0) is 16.0. The highest BCUT2D eigenvalue weighted by atomic mass is 35.5. The average Bonchev–Trinajstić information content (AvgIpc) is 2.97. The van der Waals surface area contributed by atoms with Crippen molar-refractivity contribution in [2.45, 2.75) is 19.8 Å². The average molecular weight is 323 g/mol. The summed E-state index contributed by atoms with van der Waals surface area (Å²) < 4.78 is 1.86. The standard InChI is InChI=1S/C18H15ClN4/c1-11(2)16-8-17(19)22-18-14(10-21-23(16)18)13-7-12-5-3-4-6-15(12)20-9-13/h3-11H,1-2H3. The summed E-state index contributed by atoms with van der Waals surface area (Å²) in [6.45, 7) is 4.23. The van der Waals surface area contributed by atoms with Crippen LogP contribution in [-0.2, 0) is 0 Å². The summed E-state index contributed by atoms with van der Waals surface area (Å²) >= 11 is 6.21. The molecule has 114 valence electrons. The molecule has 0 aliphatic rings. The zero-order valence-electron chi connectivity index (χ0n) is 12.9. The Labute approximate surface area is 138 Å². The molecule has 0 saturated heterocycles. The summed E-state index contributed by atoms with van der Waals surface area (Å²) in [5, 5.41) is 6.08. The number of aromatic nitrogens is 4. The molecule has 5 heteroatoms. The van der Waals surface area contributed by atoms with Crippen LogP contribution in [0.5, 0.6) is 0 Å². The van der Waals surface area contributed by atoms with E-state index in [9.17, 15) is 0 Å². The third-order valence-electron chi connectivity index (χ3n) is 3.96. The van der Waals surface area contributed by atoms with Gasteiger partial charge in [0.05, 0.1) is 17.4 Å². The molecule has 0 aliphatic heterocycles. The monoisotopic (exact) mass is 322 g/mol. The van der Waals surface area contributed by atoms with Crippen LogP contribution in [-0.4, -0.2) is 19.6 Å². The van der Waals surface area contributed by atoms with Crippen molar-refractivity contribution in [1.29, 1.82) is 0 Å². The number of halogens is 1. The summed E-state index contributed by atoms with van der Waals surface area (Å²) in [6.07, 6.45) is 3.69. The molecule has 3 heterocycles. The van der Waals surface area contributed by atoms with Crippen molar-refractivity contribution >= 4 is 28.2 Å². The second kappa shape index (κ2) is 5.32. The molecule has 0 fully saturated rings. The SMILES string of the molecule is CC(C)c1cc(Cl)nc2c(-c3cnc4ccccc4c3)cnn12. The van der Waals surface area contributed by atoms with Crippen LogP contribution in [0, 0.1) is 0 Å². The second-order valence-electron chi connectivity index (χ2n) is 5.87. The van der Waals surface area contributed by atoms with E-state index in [1.54, 1.807) is 0 Å². The number of hydrogen-bond donors (Lipinski definition) is 0. The number of fused-ring (bicyclic) bond motifs is 2. The molecular formula is C18H15ClN4. The molecule has 0 saturated carbocycles. The number of para-hydroxylation sites is 1. The minimum atomic E-state index is 0.306. The van der Waals surface area contributed by atoms with Crippen LogP contribution in [0.15, 0.2) is 48.8 Å². The van der Waals surface area contributed by atoms with Gasteiger partial charge in [0.2, 0.25) is 0 Å². The lowest BCUT2D eigenvalue weighted by molar-refractivity contribution is 0.749. The Kier molecular flexibility index (Phi) is 3.27. The Morgan fingerprint density at radius 3 is 2.74 bits per heavy atom. The van der Waals surface area contributed by atoms with Crippen LogP contribution in [0.25, 0.3) is 27.7 Å². The Morgan fingerprint density at radius 1 is 1.09 bits per heavy atom. The lowest BCUT2D eigenvalue weighted by Crippen LogP contribution is -2.02. The number of rotatable bonds is 2. The maximum atomic E-state index is 6.21. The largest absolute Gasteiger partial charge is 0.256 e. The molecule has 0 N–H and O–H groups in total. The smallest absolute Gasteiger partial charge is 0.164 e. The molecule has 0 atom stereocenters. The van der Waals surface area contributed by atoms with E-state index in [1.807, 2.05) is 41.2 Å².